The van der Waals surface area contributed by atoms with Crippen LogP contribution in [0.4, 0.5) is 4.79 Å². The minimum atomic E-state index is -0.754. The molecule has 0 aliphatic carbocycles. The summed E-state index contributed by atoms with van der Waals surface area (Å²) in [6, 6.07) is -0.322. The van der Waals surface area contributed by atoms with Crippen LogP contribution in [0.2, 0.25) is 0 Å². The van der Waals surface area contributed by atoms with Crippen LogP contribution in [0, 0.1) is 0 Å². The van der Waals surface area contributed by atoms with Crippen molar-refractivity contribution in [3.63, 3.8) is 0 Å². The van der Waals surface area contributed by atoms with E-state index in [1.165, 1.54) is 4.90 Å². The first-order chi connectivity index (χ1) is 7.94. The second-order valence-electron chi connectivity index (χ2n) is 4.54. The third-order valence-corrected chi connectivity index (χ3v) is 3.06. The smallest absolute Gasteiger partial charge is 0.323 e. The van der Waals surface area contributed by atoms with Crippen molar-refractivity contribution in [1.82, 2.24) is 15.5 Å². The molecule has 0 radical (unpaired) electrons. The van der Waals surface area contributed by atoms with Gasteiger partial charge < -0.3 is 10.6 Å². The van der Waals surface area contributed by atoms with Gasteiger partial charge in [0.2, 0.25) is 0 Å². The van der Waals surface area contributed by atoms with Crippen molar-refractivity contribution in [3.05, 3.63) is 12.2 Å². The van der Waals surface area contributed by atoms with E-state index in [4.69, 9.17) is 0 Å². The number of carbonyl (C=O) groups is 2. The fraction of sp³-hybridized carbons (Fsp3) is 0.667. The zero-order valence-electron chi connectivity index (χ0n) is 10.8. The van der Waals surface area contributed by atoms with E-state index >= 15 is 0 Å². The monoisotopic (exact) mass is 239 g/mol. The Morgan fingerprint density at radius 1 is 1.47 bits per heavy atom. The average Bonchev–Trinajstić information content (AvgIpc) is 2.51. The molecule has 1 atom stereocenters. The fourth-order valence-electron chi connectivity index (χ4n) is 1.71. The first-order valence-electron chi connectivity index (χ1n) is 5.96. The van der Waals surface area contributed by atoms with Crippen LogP contribution < -0.4 is 10.6 Å². The van der Waals surface area contributed by atoms with Gasteiger partial charge in [-0.25, -0.2) is 4.79 Å². The highest BCUT2D eigenvalue weighted by Gasteiger charge is 2.46. The van der Waals surface area contributed by atoms with E-state index in [2.05, 4.69) is 17.2 Å². The zero-order chi connectivity index (χ0) is 13.1. The largest absolute Gasteiger partial charge is 0.325 e. The van der Waals surface area contributed by atoms with Crippen molar-refractivity contribution in [1.29, 1.82) is 0 Å². The lowest BCUT2D eigenvalue weighted by molar-refractivity contribution is -0.130. The number of hydrogen-bond acceptors (Lipinski definition) is 3. The lowest BCUT2D eigenvalue weighted by atomic mass is 9.99. The minimum absolute atomic E-state index is 0.164. The van der Waals surface area contributed by atoms with Gasteiger partial charge in [-0.1, -0.05) is 20.4 Å². The van der Waals surface area contributed by atoms with Crippen LogP contribution in [0.25, 0.3) is 0 Å². The van der Waals surface area contributed by atoms with Crippen LogP contribution in [0.15, 0.2) is 12.2 Å². The number of carbonyl (C=O) groups excluding carboxylic acids is 2. The molecule has 5 nitrogen and oxygen atoms in total. The van der Waals surface area contributed by atoms with Gasteiger partial charge in [-0.2, -0.15) is 0 Å². The molecule has 1 fully saturated rings. The molecule has 0 aromatic carbocycles. The lowest BCUT2D eigenvalue weighted by Gasteiger charge is -2.19. The highest BCUT2D eigenvalue weighted by Crippen LogP contribution is 2.21. The summed E-state index contributed by atoms with van der Waals surface area (Å²) in [6.45, 7) is 11.2. The predicted molar refractivity (Wildman–Crippen MR) is 66.6 cm³/mol. The Morgan fingerprint density at radius 2 is 2.12 bits per heavy atom. The van der Waals surface area contributed by atoms with Crippen molar-refractivity contribution >= 4 is 11.9 Å². The molecular formula is C12H21N3O2. The Hall–Kier alpha value is -1.36. The normalized spacial score (nSPS) is 24.1. The first kappa shape index (κ1) is 13.7. The molecule has 2 N–H and O–H groups in total. The van der Waals surface area contributed by atoms with Gasteiger partial charge in [0.25, 0.3) is 5.91 Å². The van der Waals surface area contributed by atoms with Crippen LogP contribution in [0.5, 0.6) is 0 Å². The average molecular weight is 239 g/mol. The van der Waals surface area contributed by atoms with Crippen LogP contribution >= 0.6 is 0 Å². The molecule has 0 bridgehead atoms. The maximum atomic E-state index is 12.1. The third-order valence-electron chi connectivity index (χ3n) is 3.06. The van der Waals surface area contributed by atoms with Crippen molar-refractivity contribution < 1.29 is 9.59 Å². The van der Waals surface area contributed by atoms with Gasteiger partial charge in [-0.3, -0.25) is 9.69 Å². The number of nitrogens with one attached hydrogen (secondary N) is 2. The lowest BCUT2D eigenvalue weighted by Crippen LogP contribution is -2.43. The number of urea groups is 1. The number of hydrogen-bond donors (Lipinski definition) is 2. The molecule has 0 spiro atoms. The van der Waals surface area contributed by atoms with Gasteiger partial charge >= 0.3 is 6.03 Å². The zero-order valence-corrected chi connectivity index (χ0v) is 10.8. The van der Waals surface area contributed by atoms with Gasteiger partial charge in [-0.15, -0.1) is 0 Å². The van der Waals surface area contributed by atoms with Crippen molar-refractivity contribution in [2.75, 3.05) is 19.6 Å². The molecule has 5 heteroatoms. The Labute approximate surface area is 102 Å². The summed E-state index contributed by atoms with van der Waals surface area (Å²) in [6.07, 6.45) is 0.591. The summed E-state index contributed by atoms with van der Waals surface area (Å²) >= 11 is 0. The molecule has 0 saturated carbocycles. The van der Waals surface area contributed by atoms with E-state index in [0.717, 1.165) is 12.1 Å². The SMILES string of the molecule is C=C(CNCC)CN1C(=O)NC(C)(CC)C1=O. The number of nitrogens with zero attached hydrogens (tertiary/aromatic N) is 1. The van der Waals surface area contributed by atoms with Crippen molar-refractivity contribution in [2.24, 2.45) is 0 Å². The molecule has 96 valence electrons. The molecule has 1 unspecified atom stereocenters. The molecule has 0 aromatic heterocycles. The topological polar surface area (TPSA) is 61.4 Å². The molecule has 0 aromatic rings. The number of likely N-dealkylation sites (N-methyl/N-ethyl adjacent to an activating group) is 1. The van der Waals surface area contributed by atoms with Gasteiger partial charge in [0.1, 0.15) is 5.54 Å². The second-order valence-corrected chi connectivity index (χ2v) is 4.54. The van der Waals surface area contributed by atoms with E-state index in [1.54, 1.807) is 6.92 Å². The van der Waals surface area contributed by atoms with E-state index in [0.29, 0.717) is 13.0 Å². The van der Waals surface area contributed by atoms with E-state index in [1.807, 2.05) is 13.8 Å². The van der Waals surface area contributed by atoms with Crippen molar-refractivity contribution in [2.45, 2.75) is 32.7 Å². The molecule has 1 saturated heterocycles. The summed E-state index contributed by atoms with van der Waals surface area (Å²) in [7, 11) is 0. The number of amides is 3. The van der Waals surface area contributed by atoms with Crippen molar-refractivity contribution in [3.8, 4) is 0 Å². The maximum Gasteiger partial charge on any atom is 0.325 e. The van der Waals surface area contributed by atoms with E-state index in [9.17, 15) is 9.59 Å². The number of rotatable bonds is 6. The van der Waals surface area contributed by atoms with Crippen LogP contribution in [-0.4, -0.2) is 42.0 Å². The molecule has 1 heterocycles. The summed E-state index contributed by atoms with van der Waals surface area (Å²) in [5.74, 6) is -0.164. The Kier molecular flexibility index (Phi) is 4.28. The van der Waals surface area contributed by atoms with Crippen LogP contribution in [0.1, 0.15) is 27.2 Å². The molecule has 3 amide bonds. The Morgan fingerprint density at radius 3 is 2.59 bits per heavy atom. The molecule has 1 aliphatic heterocycles. The van der Waals surface area contributed by atoms with Crippen LogP contribution in [-0.2, 0) is 4.79 Å². The van der Waals surface area contributed by atoms with E-state index < -0.39 is 5.54 Å². The Bertz CT molecular complexity index is 341. The molecule has 17 heavy (non-hydrogen) atoms. The van der Waals surface area contributed by atoms with Gasteiger partial charge in [0, 0.05) is 6.54 Å². The standard InChI is InChI=1S/C12H21N3O2/c1-5-12(4)10(16)15(11(17)14-12)8-9(3)7-13-6-2/h13H,3,5-8H2,1-2,4H3,(H,14,17). The molecular weight excluding hydrogens is 218 g/mol. The quantitative estimate of drug-likeness (QED) is 0.534. The maximum absolute atomic E-state index is 12.1. The summed E-state index contributed by atoms with van der Waals surface area (Å²) in [5, 5.41) is 5.83. The number of imide groups is 1. The van der Waals surface area contributed by atoms with Gasteiger partial charge in [0.15, 0.2) is 0 Å². The third kappa shape index (κ3) is 2.85. The van der Waals surface area contributed by atoms with Crippen LogP contribution in [0.3, 0.4) is 0 Å². The summed E-state index contributed by atoms with van der Waals surface area (Å²) < 4.78 is 0. The van der Waals surface area contributed by atoms with Gasteiger partial charge in [-0.05, 0) is 25.5 Å². The summed E-state index contributed by atoms with van der Waals surface area (Å²) in [5.41, 5.74) is 0.0749. The fourth-order valence-corrected chi connectivity index (χ4v) is 1.71. The Balaban J connectivity index is 2.63. The highest BCUT2D eigenvalue weighted by molar-refractivity contribution is 6.06. The van der Waals surface area contributed by atoms with Gasteiger partial charge in [0.05, 0.1) is 6.54 Å². The predicted octanol–water partition coefficient (Wildman–Crippen LogP) is 0.873. The highest BCUT2D eigenvalue weighted by atomic mass is 16.2. The molecule has 1 rings (SSSR count). The summed E-state index contributed by atoms with van der Waals surface area (Å²) in [4.78, 5) is 25.0. The van der Waals surface area contributed by atoms with E-state index in [-0.39, 0.29) is 18.5 Å². The minimum Gasteiger partial charge on any atom is -0.323 e. The first-order valence-corrected chi connectivity index (χ1v) is 5.96. The molecule has 1 aliphatic rings. The second kappa shape index (κ2) is 5.31.